The molecular weight excluding hydrogens is 212 g/mol. The predicted octanol–water partition coefficient (Wildman–Crippen LogP) is 1.90. The van der Waals surface area contributed by atoms with Gasteiger partial charge in [0.25, 0.3) is 0 Å². The Kier molecular flexibility index (Phi) is 3.94. The smallest absolute Gasteiger partial charge is 0.164 e. The van der Waals surface area contributed by atoms with E-state index >= 15 is 0 Å². The van der Waals surface area contributed by atoms with Gasteiger partial charge in [0.15, 0.2) is 5.82 Å². The summed E-state index contributed by atoms with van der Waals surface area (Å²) < 4.78 is 1.74. The van der Waals surface area contributed by atoms with Crippen LogP contribution in [0.5, 0.6) is 0 Å². The van der Waals surface area contributed by atoms with Crippen LogP contribution in [-0.2, 0) is 13.6 Å². The Morgan fingerprint density at radius 2 is 2.35 bits per heavy atom. The largest absolute Gasteiger partial charge is 0.309 e. The lowest BCUT2D eigenvalue weighted by Crippen LogP contribution is -2.29. The molecule has 0 aromatic carbocycles. The van der Waals surface area contributed by atoms with Gasteiger partial charge >= 0.3 is 0 Å². The van der Waals surface area contributed by atoms with E-state index < -0.39 is 0 Å². The van der Waals surface area contributed by atoms with Crippen molar-refractivity contribution in [3.05, 3.63) is 23.8 Å². The molecule has 1 aromatic rings. The number of rotatable bonds is 4. The third kappa shape index (κ3) is 3.16. The first-order valence-corrected chi connectivity index (χ1v) is 6.38. The standard InChI is InChI=1S/C13H22N4/c1-10-5-4-6-11(2)12(10)7-14-8-13-15-9-17(3)16-13/h5,9,11-12,14H,4,6-8H2,1-3H3. The zero-order valence-corrected chi connectivity index (χ0v) is 11.0. The van der Waals surface area contributed by atoms with Crippen LogP contribution in [0.2, 0.25) is 0 Å². The fourth-order valence-corrected chi connectivity index (χ4v) is 2.54. The van der Waals surface area contributed by atoms with Crippen LogP contribution in [0, 0.1) is 11.8 Å². The van der Waals surface area contributed by atoms with Gasteiger partial charge in [0.2, 0.25) is 0 Å². The van der Waals surface area contributed by atoms with E-state index in [2.05, 4.69) is 35.3 Å². The van der Waals surface area contributed by atoms with Crippen molar-refractivity contribution in [3.8, 4) is 0 Å². The molecule has 2 atom stereocenters. The van der Waals surface area contributed by atoms with Crippen LogP contribution in [0.15, 0.2) is 18.0 Å². The van der Waals surface area contributed by atoms with Crippen molar-refractivity contribution in [1.29, 1.82) is 0 Å². The Bertz CT molecular complexity index is 394. The van der Waals surface area contributed by atoms with E-state index in [1.807, 2.05) is 7.05 Å². The summed E-state index contributed by atoms with van der Waals surface area (Å²) >= 11 is 0. The molecule has 0 spiro atoms. The van der Waals surface area contributed by atoms with Crippen molar-refractivity contribution >= 4 is 0 Å². The molecule has 0 fully saturated rings. The monoisotopic (exact) mass is 234 g/mol. The number of aryl methyl sites for hydroxylation is 1. The number of allylic oxidation sites excluding steroid dienone is 1. The number of aromatic nitrogens is 3. The lowest BCUT2D eigenvalue weighted by Gasteiger charge is -2.28. The van der Waals surface area contributed by atoms with Gasteiger partial charge in [-0.15, -0.1) is 0 Å². The van der Waals surface area contributed by atoms with E-state index in [4.69, 9.17) is 0 Å². The van der Waals surface area contributed by atoms with Crippen molar-refractivity contribution in [2.24, 2.45) is 18.9 Å². The summed E-state index contributed by atoms with van der Waals surface area (Å²) in [5.41, 5.74) is 1.53. The third-order valence-corrected chi connectivity index (χ3v) is 3.65. The summed E-state index contributed by atoms with van der Waals surface area (Å²) in [6.07, 6.45) is 6.67. The minimum Gasteiger partial charge on any atom is -0.309 e. The van der Waals surface area contributed by atoms with Gasteiger partial charge in [-0.2, -0.15) is 5.10 Å². The maximum absolute atomic E-state index is 4.26. The molecule has 1 aliphatic rings. The lowest BCUT2D eigenvalue weighted by molar-refractivity contribution is 0.349. The summed E-state index contributed by atoms with van der Waals surface area (Å²) in [4.78, 5) is 4.21. The molecule has 17 heavy (non-hydrogen) atoms. The maximum Gasteiger partial charge on any atom is 0.164 e. The molecule has 1 heterocycles. The second kappa shape index (κ2) is 5.45. The second-order valence-electron chi connectivity index (χ2n) is 5.07. The van der Waals surface area contributed by atoms with Gasteiger partial charge in [-0.25, -0.2) is 4.98 Å². The molecule has 0 bridgehead atoms. The van der Waals surface area contributed by atoms with E-state index in [1.165, 1.54) is 18.4 Å². The topological polar surface area (TPSA) is 42.7 Å². The molecular formula is C13H22N4. The summed E-state index contributed by atoms with van der Waals surface area (Å²) in [7, 11) is 1.90. The van der Waals surface area contributed by atoms with E-state index in [0.717, 1.165) is 24.8 Å². The van der Waals surface area contributed by atoms with Gasteiger partial charge in [0.1, 0.15) is 6.33 Å². The normalized spacial score (nSPS) is 24.8. The van der Waals surface area contributed by atoms with E-state index in [0.29, 0.717) is 5.92 Å². The Morgan fingerprint density at radius 3 is 3.00 bits per heavy atom. The molecule has 0 saturated carbocycles. The van der Waals surface area contributed by atoms with E-state index in [-0.39, 0.29) is 0 Å². The van der Waals surface area contributed by atoms with Crippen LogP contribution in [0.25, 0.3) is 0 Å². The molecule has 0 radical (unpaired) electrons. The average Bonchev–Trinajstić information content (AvgIpc) is 2.69. The molecule has 4 nitrogen and oxygen atoms in total. The number of hydrogen-bond donors (Lipinski definition) is 1. The Labute approximate surface area is 103 Å². The maximum atomic E-state index is 4.26. The Balaban J connectivity index is 1.81. The van der Waals surface area contributed by atoms with Gasteiger partial charge in [-0.05, 0) is 31.6 Å². The third-order valence-electron chi connectivity index (χ3n) is 3.65. The highest BCUT2D eigenvalue weighted by Gasteiger charge is 2.21. The van der Waals surface area contributed by atoms with Crippen molar-refractivity contribution in [1.82, 2.24) is 20.1 Å². The molecule has 0 saturated heterocycles. The number of nitrogens with zero attached hydrogens (tertiary/aromatic N) is 3. The molecule has 1 aromatic heterocycles. The SMILES string of the molecule is CC1=CCCC(C)C1CNCc1ncn(C)n1. The van der Waals surface area contributed by atoms with Gasteiger partial charge in [-0.3, -0.25) is 4.68 Å². The second-order valence-corrected chi connectivity index (χ2v) is 5.07. The molecule has 2 rings (SSSR count). The minimum absolute atomic E-state index is 0.674. The van der Waals surface area contributed by atoms with Crippen molar-refractivity contribution in [3.63, 3.8) is 0 Å². The molecule has 94 valence electrons. The zero-order valence-electron chi connectivity index (χ0n) is 11.0. The first kappa shape index (κ1) is 12.3. The van der Waals surface area contributed by atoms with Crippen LogP contribution in [0.3, 0.4) is 0 Å². The van der Waals surface area contributed by atoms with Crippen LogP contribution < -0.4 is 5.32 Å². The molecule has 1 aliphatic carbocycles. The summed E-state index contributed by atoms with van der Waals surface area (Å²) in [5.74, 6) is 2.33. The van der Waals surface area contributed by atoms with Crippen LogP contribution in [-0.4, -0.2) is 21.3 Å². The van der Waals surface area contributed by atoms with Crippen molar-refractivity contribution < 1.29 is 0 Å². The highest BCUT2D eigenvalue weighted by atomic mass is 15.3. The Hall–Kier alpha value is -1.16. The predicted molar refractivity (Wildman–Crippen MR) is 68.4 cm³/mol. The first-order chi connectivity index (χ1) is 8.16. The van der Waals surface area contributed by atoms with Gasteiger partial charge in [-0.1, -0.05) is 18.6 Å². The lowest BCUT2D eigenvalue weighted by atomic mass is 9.80. The van der Waals surface area contributed by atoms with E-state index in [1.54, 1.807) is 11.0 Å². The molecule has 2 unspecified atom stereocenters. The van der Waals surface area contributed by atoms with Crippen LogP contribution >= 0.6 is 0 Å². The molecule has 4 heteroatoms. The summed E-state index contributed by atoms with van der Waals surface area (Å²) in [6, 6.07) is 0. The van der Waals surface area contributed by atoms with Gasteiger partial charge in [0, 0.05) is 13.6 Å². The first-order valence-electron chi connectivity index (χ1n) is 6.38. The molecule has 0 aliphatic heterocycles. The molecule has 1 N–H and O–H groups in total. The van der Waals surface area contributed by atoms with Crippen LogP contribution in [0.1, 0.15) is 32.5 Å². The number of nitrogens with one attached hydrogen (secondary N) is 1. The van der Waals surface area contributed by atoms with Crippen molar-refractivity contribution in [2.75, 3.05) is 6.54 Å². The van der Waals surface area contributed by atoms with E-state index in [9.17, 15) is 0 Å². The van der Waals surface area contributed by atoms with Crippen molar-refractivity contribution in [2.45, 2.75) is 33.2 Å². The minimum atomic E-state index is 0.674. The highest BCUT2D eigenvalue weighted by Crippen LogP contribution is 2.29. The molecule has 0 amide bonds. The average molecular weight is 234 g/mol. The summed E-state index contributed by atoms with van der Waals surface area (Å²) in [6.45, 7) is 6.39. The fourth-order valence-electron chi connectivity index (χ4n) is 2.54. The van der Waals surface area contributed by atoms with Gasteiger partial charge in [0.05, 0.1) is 6.54 Å². The van der Waals surface area contributed by atoms with Gasteiger partial charge < -0.3 is 5.32 Å². The quantitative estimate of drug-likeness (QED) is 0.809. The fraction of sp³-hybridized carbons (Fsp3) is 0.692. The zero-order chi connectivity index (χ0) is 12.3. The number of hydrogen-bond acceptors (Lipinski definition) is 3. The Morgan fingerprint density at radius 1 is 1.53 bits per heavy atom. The highest BCUT2D eigenvalue weighted by molar-refractivity contribution is 5.09. The van der Waals surface area contributed by atoms with Crippen LogP contribution in [0.4, 0.5) is 0 Å². The summed E-state index contributed by atoms with van der Waals surface area (Å²) in [5, 5.41) is 7.73.